The van der Waals surface area contributed by atoms with Gasteiger partial charge in [0, 0.05) is 28.0 Å². The minimum atomic E-state index is -5.07. The van der Waals surface area contributed by atoms with Crippen LogP contribution in [0.15, 0.2) is 66.7 Å². The number of nitrogens with zero attached hydrogens (tertiary/aromatic N) is 1. The third-order valence-electron chi connectivity index (χ3n) is 8.87. The molecule has 1 heterocycles. The summed E-state index contributed by atoms with van der Waals surface area (Å²) in [6.45, 7) is -0.301. The summed E-state index contributed by atoms with van der Waals surface area (Å²) in [4.78, 5) is 54.7. The van der Waals surface area contributed by atoms with Gasteiger partial charge in [0.1, 0.15) is 24.1 Å². The molecule has 4 rings (SSSR count). The number of sulfone groups is 1. The summed E-state index contributed by atoms with van der Waals surface area (Å²) in [5, 5.41) is 2.25. The molecule has 1 aliphatic rings. The van der Waals surface area contributed by atoms with Crippen LogP contribution in [0.4, 0.5) is 22.0 Å². The highest BCUT2D eigenvalue weighted by Gasteiger charge is 2.53. The predicted molar refractivity (Wildman–Crippen MR) is 201 cm³/mol. The van der Waals surface area contributed by atoms with Crippen LogP contribution in [0.25, 0.3) is 0 Å². The molecular weight excluding hydrogens is 848 g/mol. The Morgan fingerprint density at radius 2 is 1.51 bits per heavy atom. The van der Waals surface area contributed by atoms with E-state index in [9.17, 15) is 40.8 Å². The third kappa shape index (κ3) is 12.2. The number of ether oxygens (including phenoxy) is 2. The maximum absolute atomic E-state index is 15.0. The first-order valence-corrected chi connectivity index (χ1v) is 20.0. The number of rotatable bonds is 16. The molecule has 0 bridgehead atoms. The van der Waals surface area contributed by atoms with Crippen LogP contribution in [-0.4, -0.2) is 92.6 Å². The normalized spacial score (nSPS) is 17.2. The highest BCUT2D eigenvalue weighted by atomic mass is 35.5. The van der Waals surface area contributed by atoms with Crippen molar-refractivity contribution in [3.05, 3.63) is 92.9 Å². The summed E-state index contributed by atoms with van der Waals surface area (Å²) in [6.07, 6.45) is -7.33. The Morgan fingerprint density at radius 1 is 0.877 bits per heavy atom. The van der Waals surface area contributed by atoms with Crippen molar-refractivity contribution in [1.82, 2.24) is 15.5 Å². The van der Waals surface area contributed by atoms with E-state index in [-0.39, 0.29) is 22.2 Å². The fourth-order valence-corrected chi connectivity index (χ4v) is 8.48. The standard InChI is InChI=1S/C37H37Cl3F5N3O8S/c1-20(2)31(32(49)37(44,45)35(52)46-19-36(41,42)43)47-33(50)29-16-28(57(53,54)18-21-7-9-26(55-3)10-8-21)17-48(29)34(51)30(12-22-5-4-6-23(38)11-22)56-27-14-24(39)13-25(40)15-27/h4-11,13-15,20,28-31H,12,16-19H2,1-3H3,(H,46,52)(H,47,50)/t28-,29+,30?,31?/m1/s1. The number of nitrogens with one attached hydrogen (secondary N) is 2. The molecule has 1 aliphatic heterocycles. The monoisotopic (exact) mass is 883 g/mol. The molecule has 3 aromatic rings. The van der Waals surface area contributed by atoms with Gasteiger partial charge in [0.05, 0.1) is 24.2 Å². The number of hydrogen-bond acceptors (Lipinski definition) is 8. The minimum absolute atomic E-state index is 0.0215. The largest absolute Gasteiger partial charge is 0.497 e. The number of ketones is 1. The van der Waals surface area contributed by atoms with Gasteiger partial charge in [-0.2, -0.15) is 22.0 Å². The van der Waals surface area contributed by atoms with E-state index < -0.39 is 100 Å². The van der Waals surface area contributed by atoms with Gasteiger partial charge in [0.15, 0.2) is 15.9 Å². The highest BCUT2D eigenvalue weighted by Crippen LogP contribution is 2.31. The molecular formula is C37H37Cl3F5N3O8S. The van der Waals surface area contributed by atoms with E-state index in [0.717, 1.165) is 10.2 Å². The molecule has 1 fully saturated rings. The molecule has 3 aromatic carbocycles. The first-order valence-electron chi connectivity index (χ1n) is 17.1. The van der Waals surface area contributed by atoms with Gasteiger partial charge in [-0.15, -0.1) is 0 Å². The quantitative estimate of drug-likeness (QED) is 0.127. The molecule has 57 heavy (non-hydrogen) atoms. The van der Waals surface area contributed by atoms with Crippen molar-refractivity contribution in [3.8, 4) is 11.5 Å². The average molecular weight is 885 g/mol. The van der Waals surface area contributed by atoms with Gasteiger partial charge in [-0.1, -0.05) is 72.9 Å². The number of Topliss-reactive ketones (excluding diaryl/α,β-unsaturated/α-hetero) is 1. The predicted octanol–water partition coefficient (Wildman–Crippen LogP) is 6.25. The summed E-state index contributed by atoms with van der Waals surface area (Å²) in [7, 11) is -2.76. The van der Waals surface area contributed by atoms with Crippen LogP contribution in [0.2, 0.25) is 15.1 Å². The van der Waals surface area contributed by atoms with E-state index >= 15 is 8.78 Å². The number of carbonyl (C=O) groups is 4. The first-order chi connectivity index (χ1) is 26.5. The number of benzene rings is 3. The Bertz CT molecular complexity index is 2050. The second-order valence-corrected chi connectivity index (χ2v) is 17.1. The van der Waals surface area contributed by atoms with Gasteiger partial charge >= 0.3 is 12.1 Å². The summed E-state index contributed by atoms with van der Waals surface area (Å²) in [5.74, 6) is -13.2. The van der Waals surface area contributed by atoms with Gasteiger partial charge < -0.3 is 25.0 Å². The van der Waals surface area contributed by atoms with E-state index in [1.807, 2.05) is 0 Å². The maximum atomic E-state index is 15.0. The van der Waals surface area contributed by atoms with Crippen molar-refractivity contribution in [2.75, 3.05) is 20.2 Å². The SMILES string of the molecule is COc1ccc(CS(=O)(=O)[C@@H]2C[C@@H](C(=O)NC(C(=O)C(F)(F)C(=O)NCC(F)(F)F)C(C)C)N(C(=O)C(Cc3cccc(Cl)c3)Oc3cc(Cl)cc(Cl)c3)C2)cc1. The van der Waals surface area contributed by atoms with Crippen LogP contribution >= 0.6 is 34.8 Å². The lowest BCUT2D eigenvalue weighted by atomic mass is 9.94. The second kappa shape index (κ2) is 18.6. The lowest BCUT2D eigenvalue weighted by molar-refractivity contribution is -0.165. The van der Waals surface area contributed by atoms with Crippen LogP contribution in [0, 0.1) is 5.92 Å². The van der Waals surface area contributed by atoms with Crippen LogP contribution in [0.5, 0.6) is 11.5 Å². The number of alkyl halides is 5. The molecule has 0 saturated carbocycles. The third-order valence-corrected chi connectivity index (χ3v) is 11.6. The molecule has 2 N–H and O–H groups in total. The number of hydrogen-bond donors (Lipinski definition) is 2. The van der Waals surface area contributed by atoms with Crippen molar-refractivity contribution in [3.63, 3.8) is 0 Å². The molecule has 0 aromatic heterocycles. The van der Waals surface area contributed by atoms with Crippen molar-refractivity contribution in [1.29, 1.82) is 0 Å². The molecule has 0 spiro atoms. The van der Waals surface area contributed by atoms with Gasteiger partial charge in [-0.05, 0) is 65.9 Å². The zero-order chi connectivity index (χ0) is 42.5. The van der Waals surface area contributed by atoms with Gasteiger partial charge in [0.2, 0.25) is 11.7 Å². The molecule has 20 heteroatoms. The van der Waals surface area contributed by atoms with Crippen molar-refractivity contribution in [2.45, 2.75) is 68.0 Å². The molecule has 310 valence electrons. The van der Waals surface area contributed by atoms with E-state index in [2.05, 4.69) is 5.32 Å². The van der Waals surface area contributed by atoms with Crippen LogP contribution in [-0.2, 0) is 41.2 Å². The Hall–Kier alpha value is -4.19. The lowest BCUT2D eigenvalue weighted by Gasteiger charge is -2.31. The lowest BCUT2D eigenvalue weighted by Crippen LogP contribution is -2.59. The van der Waals surface area contributed by atoms with Crippen LogP contribution < -0.4 is 20.1 Å². The Labute approximate surface area is 340 Å². The second-order valence-electron chi connectivity index (χ2n) is 13.5. The molecule has 2 unspecified atom stereocenters. The first kappa shape index (κ1) is 45.5. The number of amides is 3. The number of halogens is 8. The Balaban J connectivity index is 1.72. The van der Waals surface area contributed by atoms with Crippen molar-refractivity contribution in [2.24, 2.45) is 5.92 Å². The van der Waals surface area contributed by atoms with E-state index in [1.165, 1.54) is 69.5 Å². The maximum Gasteiger partial charge on any atom is 0.405 e. The number of methoxy groups -OCH3 is 1. The van der Waals surface area contributed by atoms with Gasteiger partial charge in [0.25, 0.3) is 11.8 Å². The van der Waals surface area contributed by atoms with Gasteiger partial charge in [-0.3, -0.25) is 19.2 Å². The van der Waals surface area contributed by atoms with Gasteiger partial charge in [-0.25, -0.2) is 8.42 Å². The zero-order valence-corrected chi connectivity index (χ0v) is 33.5. The Morgan fingerprint density at radius 3 is 2.07 bits per heavy atom. The fraction of sp³-hybridized carbons (Fsp3) is 0.405. The zero-order valence-electron chi connectivity index (χ0n) is 30.4. The topological polar surface area (TPSA) is 148 Å². The molecule has 11 nitrogen and oxygen atoms in total. The highest BCUT2D eigenvalue weighted by molar-refractivity contribution is 7.91. The molecule has 0 radical (unpaired) electrons. The summed E-state index contributed by atoms with van der Waals surface area (Å²) < 4.78 is 107. The summed E-state index contributed by atoms with van der Waals surface area (Å²) in [6, 6.07) is 12.6. The van der Waals surface area contributed by atoms with Crippen LogP contribution in [0.3, 0.4) is 0 Å². The fourth-order valence-electron chi connectivity index (χ4n) is 6.01. The van der Waals surface area contributed by atoms with E-state index in [0.29, 0.717) is 21.9 Å². The molecule has 1 saturated heterocycles. The summed E-state index contributed by atoms with van der Waals surface area (Å²) in [5.41, 5.74) is 0.826. The van der Waals surface area contributed by atoms with Crippen LogP contribution in [0.1, 0.15) is 31.4 Å². The number of likely N-dealkylation sites (tertiary alicyclic amines) is 1. The van der Waals surface area contributed by atoms with E-state index in [4.69, 9.17) is 44.3 Å². The van der Waals surface area contributed by atoms with E-state index in [1.54, 1.807) is 18.2 Å². The van der Waals surface area contributed by atoms with Crippen molar-refractivity contribution >= 4 is 68.1 Å². The number of carbonyl (C=O) groups excluding carboxylic acids is 4. The van der Waals surface area contributed by atoms with Crippen molar-refractivity contribution < 1.29 is 59.0 Å². The molecule has 4 atom stereocenters. The molecule has 3 amide bonds. The smallest absolute Gasteiger partial charge is 0.405 e. The average Bonchev–Trinajstić information content (AvgIpc) is 3.58. The minimum Gasteiger partial charge on any atom is -0.497 e. The molecule has 0 aliphatic carbocycles. The summed E-state index contributed by atoms with van der Waals surface area (Å²) >= 11 is 18.5. The Kier molecular flexibility index (Phi) is 14.8.